The van der Waals surface area contributed by atoms with E-state index in [-0.39, 0.29) is 6.04 Å². The van der Waals surface area contributed by atoms with Gasteiger partial charge in [0.15, 0.2) is 0 Å². The van der Waals surface area contributed by atoms with Gasteiger partial charge in [-0.25, -0.2) is 0 Å². The van der Waals surface area contributed by atoms with Crippen molar-refractivity contribution in [3.8, 4) is 0 Å². The zero-order chi connectivity index (χ0) is 16.4. The van der Waals surface area contributed by atoms with Gasteiger partial charge in [0.1, 0.15) is 0 Å². The van der Waals surface area contributed by atoms with Gasteiger partial charge in [0.05, 0.1) is 17.3 Å². The van der Waals surface area contributed by atoms with Gasteiger partial charge in [-0.1, -0.05) is 24.3 Å². The van der Waals surface area contributed by atoms with E-state index in [1.807, 2.05) is 11.3 Å². The zero-order valence-corrected chi connectivity index (χ0v) is 14.9. The van der Waals surface area contributed by atoms with Gasteiger partial charge in [-0.3, -0.25) is 9.88 Å². The Morgan fingerprint density at radius 2 is 1.96 bits per heavy atom. The van der Waals surface area contributed by atoms with E-state index in [2.05, 4.69) is 65.7 Å². The number of benzene rings is 1. The second-order valence-corrected chi connectivity index (χ2v) is 7.74. The van der Waals surface area contributed by atoms with Gasteiger partial charge < -0.3 is 5.32 Å². The molecule has 24 heavy (non-hydrogen) atoms. The fourth-order valence-corrected chi connectivity index (χ4v) is 4.50. The average molecular weight is 337 g/mol. The minimum absolute atomic E-state index is 0.258. The molecule has 1 fully saturated rings. The number of thiophene rings is 1. The number of nitrogens with one attached hydrogen (secondary N) is 1. The van der Waals surface area contributed by atoms with E-state index in [4.69, 9.17) is 4.98 Å². The molecule has 1 unspecified atom stereocenters. The van der Waals surface area contributed by atoms with Gasteiger partial charge >= 0.3 is 0 Å². The van der Waals surface area contributed by atoms with Crippen molar-refractivity contribution in [1.82, 2.24) is 15.2 Å². The molecule has 2 aromatic heterocycles. The van der Waals surface area contributed by atoms with Crippen molar-refractivity contribution < 1.29 is 0 Å². The number of aromatic nitrogens is 1. The molecular weight excluding hydrogens is 314 g/mol. The Morgan fingerprint density at radius 3 is 2.83 bits per heavy atom. The van der Waals surface area contributed by atoms with Crippen LogP contribution in [0.4, 0.5) is 0 Å². The summed E-state index contributed by atoms with van der Waals surface area (Å²) in [6, 6.07) is 17.6. The Balaban J connectivity index is 1.77. The lowest BCUT2D eigenvalue weighted by Gasteiger charge is -2.29. The molecule has 1 atom stereocenters. The molecule has 3 heterocycles. The van der Waals surface area contributed by atoms with E-state index < -0.39 is 0 Å². The summed E-state index contributed by atoms with van der Waals surface area (Å²) in [7, 11) is 0. The van der Waals surface area contributed by atoms with Gasteiger partial charge in [-0.2, -0.15) is 0 Å². The third-order valence-electron chi connectivity index (χ3n) is 4.67. The lowest BCUT2D eigenvalue weighted by atomic mass is 10.1. The maximum absolute atomic E-state index is 5.01. The number of hydrogen-bond acceptors (Lipinski definition) is 4. The maximum atomic E-state index is 5.01. The zero-order valence-electron chi connectivity index (χ0n) is 14.0. The van der Waals surface area contributed by atoms with Crippen molar-refractivity contribution in [2.75, 3.05) is 26.2 Å². The van der Waals surface area contributed by atoms with E-state index in [0.29, 0.717) is 0 Å². The first-order valence-corrected chi connectivity index (χ1v) is 9.50. The fourth-order valence-electron chi connectivity index (χ4n) is 3.47. The third kappa shape index (κ3) is 3.22. The summed E-state index contributed by atoms with van der Waals surface area (Å²) >= 11 is 1.89. The van der Waals surface area contributed by atoms with Gasteiger partial charge in [0, 0.05) is 34.8 Å². The molecule has 1 N–H and O–H groups in total. The SMILES string of the molecule is Cc1ccc(C(c2ccc3ccccc3n2)N2CCCNCC2)s1. The quantitative estimate of drug-likeness (QED) is 0.783. The predicted octanol–water partition coefficient (Wildman–Crippen LogP) is 3.99. The van der Waals surface area contributed by atoms with Crippen LogP contribution in [0.15, 0.2) is 48.5 Å². The first-order chi connectivity index (χ1) is 11.8. The van der Waals surface area contributed by atoms with Crippen LogP contribution in [-0.2, 0) is 0 Å². The molecule has 0 aliphatic carbocycles. The summed E-state index contributed by atoms with van der Waals surface area (Å²) in [5, 5.41) is 4.72. The first kappa shape index (κ1) is 15.8. The van der Waals surface area contributed by atoms with Crippen molar-refractivity contribution >= 4 is 22.2 Å². The summed E-state index contributed by atoms with van der Waals surface area (Å²) in [4.78, 5) is 10.4. The third-order valence-corrected chi connectivity index (χ3v) is 5.72. The van der Waals surface area contributed by atoms with Crippen LogP contribution in [0.2, 0.25) is 0 Å². The van der Waals surface area contributed by atoms with Crippen LogP contribution in [0.25, 0.3) is 10.9 Å². The minimum Gasteiger partial charge on any atom is -0.315 e. The predicted molar refractivity (Wildman–Crippen MR) is 102 cm³/mol. The molecular formula is C20H23N3S. The molecule has 4 rings (SSSR count). The summed E-state index contributed by atoms with van der Waals surface area (Å²) in [5.74, 6) is 0. The molecule has 1 aliphatic heterocycles. The number of aryl methyl sites for hydroxylation is 1. The number of rotatable bonds is 3. The second kappa shape index (κ2) is 7.01. The number of pyridine rings is 1. The van der Waals surface area contributed by atoms with Crippen molar-refractivity contribution in [3.63, 3.8) is 0 Å². The number of nitrogens with zero attached hydrogens (tertiary/aromatic N) is 2. The monoisotopic (exact) mass is 337 g/mol. The Morgan fingerprint density at radius 1 is 1.04 bits per heavy atom. The van der Waals surface area contributed by atoms with Gasteiger partial charge in [0.2, 0.25) is 0 Å². The molecule has 3 nitrogen and oxygen atoms in total. The fraction of sp³-hybridized carbons (Fsp3) is 0.350. The highest BCUT2D eigenvalue weighted by Gasteiger charge is 2.25. The van der Waals surface area contributed by atoms with Gasteiger partial charge in [-0.15, -0.1) is 11.3 Å². The molecule has 1 aromatic carbocycles. The lowest BCUT2D eigenvalue weighted by Crippen LogP contribution is -2.33. The summed E-state index contributed by atoms with van der Waals surface area (Å²) in [6.45, 7) is 6.52. The average Bonchev–Trinajstić information content (AvgIpc) is 2.86. The van der Waals surface area contributed by atoms with Crippen LogP contribution >= 0.6 is 11.3 Å². The molecule has 1 aliphatic rings. The standard InChI is InChI=1S/C20H23N3S/c1-15-7-10-19(24-15)20(23-13-4-11-21-12-14-23)18-9-8-16-5-2-3-6-17(16)22-18/h2-3,5-10,20-21H,4,11-14H2,1H3. The highest BCUT2D eigenvalue weighted by atomic mass is 32.1. The van der Waals surface area contributed by atoms with Crippen molar-refractivity contribution in [3.05, 3.63) is 64.0 Å². The van der Waals surface area contributed by atoms with Crippen molar-refractivity contribution in [2.45, 2.75) is 19.4 Å². The maximum Gasteiger partial charge on any atom is 0.0870 e. The Hall–Kier alpha value is -1.75. The number of fused-ring (bicyclic) bond motifs is 1. The Bertz CT molecular complexity index is 818. The number of para-hydroxylation sites is 1. The molecule has 3 aromatic rings. The molecule has 4 heteroatoms. The van der Waals surface area contributed by atoms with E-state index in [1.54, 1.807) is 0 Å². The van der Waals surface area contributed by atoms with E-state index in [0.717, 1.165) is 37.4 Å². The van der Waals surface area contributed by atoms with E-state index >= 15 is 0 Å². The smallest absolute Gasteiger partial charge is 0.0870 e. The van der Waals surface area contributed by atoms with Crippen LogP contribution in [0.3, 0.4) is 0 Å². The Labute approximate surface area is 147 Å². The first-order valence-electron chi connectivity index (χ1n) is 8.68. The summed E-state index contributed by atoms with van der Waals surface area (Å²) in [5.41, 5.74) is 2.25. The van der Waals surface area contributed by atoms with Crippen molar-refractivity contribution in [2.24, 2.45) is 0 Å². The van der Waals surface area contributed by atoms with Crippen molar-refractivity contribution in [1.29, 1.82) is 0 Å². The molecule has 0 radical (unpaired) electrons. The molecule has 0 bridgehead atoms. The van der Waals surface area contributed by atoms with E-state index in [9.17, 15) is 0 Å². The van der Waals surface area contributed by atoms with Crippen LogP contribution < -0.4 is 5.32 Å². The number of hydrogen-bond donors (Lipinski definition) is 1. The topological polar surface area (TPSA) is 28.2 Å². The Kier molecular flexibility index (Phi) is 4.60. The normalized spacial score (nSPS) is 17.7. The van der Waals surface area contributed by atoms with E-state index in [1.165, 1.54) is 21.6 Å². The molecule has 0 amide bonds. The summed E-state index contributed by atoms with van der Waals surface area (Å²) < 4.78 is 0. The highest BCUT2D eigenvalue weighted by Crippen LogP contribution is 2.33. The van der Waals surface area contributed by atoms with Gasteiger partial charge in [0.25, 0.3) is 0 Å². The highest BCUT2D eigenvalue weighted by molar-refractivity contribution is 7.12. The largest absolute Gasteiger partial charge is 0.315 e. The molecule has 1 saturated heterocycles. The molecule has 0 saturated carbocycles. The van der Waals surface area contributed by atoms with Crippen LogP contribution in [0.1, 0.15) is 27.9 Å². The van der Waals surface area contributed by atoms with Crippen LogP contribution in [-0.4, -0.2) is 36.1 Å². The molecule has 0 spiro atoms. The van der Waals surface area contributed by atoms with Crippen LogP contribution in [0.5, 0.6) is 0 Å². The second-order valence-electron chi connectivity index (χ2n) is 6.42. The summed E-state index contributed by atoms with van der Waals surface area (Å²) in [6.07, 6.45) is 1.19. The van der Waals surface area contributed by atoms with Gasteiger partial charge in [-0.05, 0) is 44.2 Å². The molecule has 124 valence electrons. The lowest BCUT2D eigenvalue weighted by molar-refractivity contribution is 0.240. The minimum atomic E-state index is 0.258. The van der Waals surface area contributed by atoms with Crippen LogP contribution in [0, 0.1) is 6.92 Å².